The van der Waals surface area contributed by atoms with Gasteiger partial charge in [0.25, 0.3) is 5.91 Å². The van der Waals surface area contributed by atoms with Gasteiger partial charge in [0.2, 0.25) is 0 Å². The molecule has 2 aromatic rings. The zero-order valence-corrected chi connectivity index (χ0v) is 13.1. The molecule has 0 aliphatic rings. The molecule has 122 valence electrons. The third-order valence-electron chi connectivity index (χ3n) is 3.44. The molecule has 0 saturated carbocycles. The van der Waals surface area contributed by atoms with Crippen molar-refractivity contribution >= 4 is 11.9 Å². The van der Waals surface area contributed by atoms with E-state index in [1.165, 1.54) is 31.4 Å². The number of aromatic nitrogens is 1. The highest BCUT2D eigenvalue weighted by Crippen LogP contribution is 2.20. The summed E-state index contributed by atoms with van der Waals surface area (Å²) >= 11 is 0. The Morgan fingerprint density at radius 1 is 1.30 bits per heavy atom. The summed E-state index contributed by atoms with van der Waals surface area (Å²) in [5.41, 5.74) is 1.37. The van der Waals surface area contributed by atoms with Gasteiger partial charge in [0.1, 0.15) is 17.1 Å². The number of esters is 1. The van der Waals surface area contributed by atoms with Crippen LogP contribution >= 0.6 is 0 Å². The lowest BCUT2D eigenvalue weighted by Crippen LogP contribution is -2.31. The van der Waals surface area contributed by atoms with E-state index >= 15 is 0 Å². The van der Waals surface area contributed by atoms with Gasteiger partial charge >= 0.3 is 5.97 Å². The van der Waals surface area contributed by atoms with Gasteiger partial charge in [0.05, 0.1) is 25.3 Å². The van der Waals surface area contributed by atoms with Crippen LogP contribution in [-0.2, 0) is 9.53 Å². The Kier molecular flexibility index (Phi) is 5.10. The van der Waals surface area contributed by atoms with E-state index in [1.807, 2.05) is 0 Å². The van der Waals surface area contributed by atoms with Gasteiger partial charge in [-0.3, -0.25) is 9.59 Å². The third kappa shape index (κ3) is 3.94. The molecule has 1 heterocycles. The summed E-state index contributed by atoms with van der Waals surface area (Å²) in [6, 6.07) is 4.90. The molecule has 1 N–H and O–H groups in total. The van der Waals surface area contributed by atoms with Crippen molar-refractivity contribution in [2.75, 3.05) is 7.11 Å². The number of amides is 1. The van der Waals surface area contributed by atoms with Crippen molar-refractivity contribution in [2.24, 2.45) is 0 Å². The summed E-state index contributed by atoms with van der Waals surface area (Å²) in [6.07, 6.45) is -0.0722. The van der Waals surface area contributed by atoms with Gasteiger partial charge in [0, 0.05) is 0 Å². The number of rotatable bonds is 5. The minimum atomic E-state index is -0.649. The van der Waals surface area contributed by atoms with Crippen molar-refractivity contribution in [3.63, 3.8) is 0 Å². The lowest BCUT2D eigenvalue weighted by molar-refractivity contribution is -0.141. The minimum Gasteiger partial charge on any atom is -0.469 e. The Balaban J connectivity index is 2.25. The highest BCUT2D eigenvalue weighted by atomic mass is 19.1. The smallest absolute Gasteiger partial charge is 0.307 e. The summed E-state index contributed by atoms with van der Waals surface area (Å²) in [7, 11) is 1.26. The van der Waals surface area contributed by atoms with E-state index in [0.717, 1.165) is 0 Å². The van der Waals surface area contributed by atoms with Crippen molar-refractivity contribution in [1.29, 1.82) is 0 Å². The van der Waals surface area contributed by atoms with Gasteiger partial charge in [-0.2, -0.15) is 0 Å². The number of nitrogens with one attached hydrogen (secondary N) is 1. The van der Waals surface area contributed by atoms with Gasteiger partial charge in [-0.1, -0.05) is 17.3 Å². The summed E-state index contributed by atoms with van der Waals surface area (Å²) in [5, 5.41) is 6.47. The van der Waals surface area contributed by atoms with Gasteiger partial charge < -0.3 is 14.6 Å². The Hall–Kier alpha value is -2.70. The first-order valence-electron chi connectivity index (χ1n) is 6.98. The molecule has 0 aliphatic heterocycles. The molecule has 23 heavy (non-hydrogen) atoms. The summed E-state index contributed by atoms with van der Waals surface area (Å²) < 4.78 is 22.7. The van der Waals surface area contributed by atoms with E-state index in [2.05, 4.69) is 15.2 Å². The second-order valence-corrected chi connectivity index (χ2v) is 5.06. The number of carbonyl (C=O) groups excluding carboxylic acids is 2. The zero-order valence-electron chi connectivity index (χ0n) is 13.1. The molecule has 1 amide bonds. The monoisotopic (exact) mass is 320 g/mol. The van der Waals surface area contributed by atoms with E-state index in [0.29, 0.717) is 22.6 Å². The molecule has 2 rings (SSSR count). The normalized spacial score (nSPS) is 11.8. The fourth-order valence-electron chi connectivity index (χ4n) is 2.23. The van der Waals surface area contributed by atoms with Crippen molar-refractivity contribution in [2.45, 2.75) is 26.3 Å². The number of benzene rings is 1. The maximum atomic E-state index is 13.1. The van der Waals surface area contributed by atoms with Gasteiger partial charge in [-0.05, 0) is 31.5 Å². The molecular formula is C16H17FN2O4. The van der Waals surface area contributed by atoms with E-state index in [1.54, 1.807) is 13.8 Å². The topological polar surface area (TPSA) is 81.4 Å². The molecule has 0 fully saturated rings. The quantitative estimate of drug-likeness (QED) is 0.856. The number of halogens is 1. The number of ether oxygens (including phenoxy) is 1. The summed E-state index contributed by atoms with van der Waals surface area (Å²) in [5.74, 6) is -0.920. The van der Waals surface area contributed by atoms with Crippen molar-refractivity contribution in [1.82, 2.24) is 10.5 Å². The first-order chi connectivity index (χ1) is 10.9. The molecule has 0 radical (unpaired) electrons. The van der Waals surface area contributed by atoms with Crippen LogP contribution in [0.1, 0.15) is 39.8 Å². The standard InChI is InChI=1S/C16H17FN2O4/c1-9-15(10(2)23-19-9)16(21)18-13(8-14(20)22-3)11-4-6-12(17)7-5-11/h4-7,13H,8H2,1-3H3,(H,18,21). The predicted molar refractivity (Wildman–Crippen MR) is 79.2 cm³/mol. The Morgan fingerprint density at radius 3 is 2.48 bits per heavy atom. The second-order valence-electron chi connectivity index (χ2n) is 5.06. The molecule has 7 heteroatoms. The lowest BCUT2D eigenvalue weighted by Gasteiger charge is -2.18. The van der Waals surface area contributed by atoms with Crippen LogP contribution in [0.2, 0.25) is 0 Å². The van der Waals surface area contributed by atoms with Crippen LogP contribution in [0.3, 0.4) is 0 Å². The Bertz CT molecular complexity index is 690. The van der Waals surface area contributed by atoms with Crippen molar-refractivity contribution in [3.8, 4) is 0 Å². The van der Waals surface area contributed by atoms with Crippen LogP contribution < -0.4 is 5.32 Å². The molecule has 1 unspecified atom stereocenters. The van der Waals surface area contributed by atoms with Crippen LogP contribution in [0.5, 0.6) is 0 Å². The van der Waals surface area contributed by atoms with E-state index in [-0.39, 0.29) is 6.42 Å². The minimum absolute atomic E-state index is 0.0722. The van der Waals surface area contributed by atoms with Crippen LogP contribution in [0.15, 0.2) is 28.8 Å². The third-order valence-corrected chi connectivity index (χ3v) is 3.44. The summed E-state index contributed by atoms with van der Waals surface area (Å²) in [6.45, 7) is 3.28. The largest absolute Gasteiger partial charge is 0.469 e. The molecule has 1 aromatic carbocycles. The summed E-state index contributed by atoms with van der Waals surface area (Å²) in [4.78, 5) is 24.0. The van der Waals surface area contributed by atoms with Crippen molar-refractivity contribution in [3.05, 3.63) is 52.7 Å². The van der Waals surface area contributed by atoms with Crippen LogP contribution in [0, 0.1) is 19.7 Å². The Morgan fingerprint density at radius 2 is 1.96 bits per heavy atom. The Labute approximate surface area is 132 Å². The first kappa shape index (κ1) is 16.7. The average molecular weight is 320 g/mol. The molecular weight excluding hydrogens is 303 g/mol. The molecule has 0 bridgehead atoms. The van der Waals surface area contributed by atoms with Crippen LogP contribution in [0.4, 0.5) is 4.39 Å². The molecule has 0 spiro atoms. The van der Waals surface area contributed by atoms with E-state index in [9.17, 15) is 14.0 Å². The second kappa shape index (κ2) is 7.04. The van der Waals surface area contributed by atoms with Crippen LogP contribution in [0.25, 0.3) is 0 Å². The molecule has 1 atom stereocenters. The maximum absolute atomic E-state index is 13.1. The van der Waals surface area contributed by atoms with Crippen LogP contribution in [-0.4, -0.2) is 24.1 Å². The number of nitrogens with zero attached hydrogens (tertiary/aromatic N) is 1. The number of methoxy groups -OCH3 is 1. The van der Waals surface area contributed by atoms with Gasteiger partial charge in [-0.25, -0.2) is 4.39 Å². The SMILES string of the molecule is COC(=O)CC(NC(=O)c1c(C)noc1C)c1ccc(F)cc1. The predicted octanol–water partition coefficient (Wildman–Crippen LogP) is 2.46. The zero-order chi connectivity index (χ0) is 17.0. The molecule has 6 nitrogen and oxygen atoms in total. The number of hydrogen-bond acceptors (Lipinski definition) is 5. The average Bonchev–Trinajstić information content (AvgIpc) is 2.86. The fraction of sp³-hybridized carbons (Fsp3) is 0.312. The van der Waals surface area contributed by atoms with Gasteiger partial charge in [-0.15, -0.1) is 0 Å². The number of aryl methyl sites for hydroxylation is 2. The van der Waals surface area contributed by atoms with Gasteiger partial charge in [0.15, 0.2) is 0 Å². The molecule has 0 saturated heterocycles. The number of carbonyl (C=O) groups is 2. The molecule has 0 aliphatic carbocycles. The fourth-order valence-corrected chi connectivity index (χ4v) is 2.23. The maximum Gasteiger partial charge on any atom is 0.307 e. The van der Waals surface area contributed by atoms with E-state index in [4.69, 9.17) is 4.52 Å². The van der Waals surface area contributed by atoms with Crippen molar-refractivity contribution < 1.29 is 23.2 Å². The first-order valence-corrected chi connectivity index (χ1v) is 6.98. The van der Waals surface area contributed by atoms with E-state index < -0.39 is 23.7 Å². The highest BCUT2D eigenvalue weighted by molar-refractivity contribution is 5.96. The lowest BCUT2D eigenvalue weighted by atomic mass is 10.0. The molecule has 1 aromatic heterocycles. The highest BCUT2D eigenvalue weighted by Gasteiger charge is 2.23. The number of hydrogen-bond donors (Lipinski definition) is 1.